The Kier molecular flexibility index (Phi) is 3.89. The molecule has 3 aromatic carbocycles. The summed E-state index contributed by atoms with van der Waals surface area (Å²) in [7, 11) is 0. The van der Waals surface area contributed by atoms with E-state index in [-0.39, 0.29) is 11.9 Å². The Bertz CT molecular complexity index is 956. The third kappa shape index (κ3) is 2.69. The maximum atomic E-state index is 12.8. The highest BCUT2D eigenvalue weighted by Gasteiger charge is 2.47. The molecule has 0 saturated carbocycles. The number of nitrogens with one attached hydrogen (secondary N) is 4. The lowest BCUT2D eigenvalue weighted by atomic mass is 9.82. The minimum atomic E-state index is -1.12. The van der Waals surface area contributed by atoms with Gasteiger partial charge in [-0.25, -0.2) is 0 Å². The number of carbonyl (C=O) groups excluding carboxylic acids is 1. The van der Waals surface area contributed by atoms with Crippen LogP contribution in [0.3, 0.4) is 0 Å². The fourth-order valence-electron chi connectivity index (χ4n) is 3.26. The Morgan fingerprint density at radius 2 is 1.38 bits per heavy atom. The maximum absolute atomic E-state index is 12.8. The van der Waals surface area contributed by atoms with Gasteiger partial charge in [0.05, 0.1) is 0 Å². The van der Waals surface area contributed by atoms with Crippen molar-refractivity contribution in [1.82, 2.24) is 10.6 Å². The van der Waals surface area contributed by atoms with Crippen molar-refractivity contribution in [2.24, 2.45) is 0 Å². The van der Waals surface area contributed by atoms with Crippen LogP contribution in [0.1, 0.15) is 11.1 Å². The minimum absolute atomic E-state index is 0.000254. The van der Waals surface area contributed by atoms with Gasteiger partial charge in [-0.05, 0) is 35.4 Å². The molecule has 0 aromatic heterocycles. The third-order valence-electron chi connectivity index (χ3n) is 4.46. The van der Waals surface area contributed by atoms with E-state index < -0.39 is 5.54 Å². The Balaban J connectivity index is 1.79. The van der Waals surface area contributed by atoms with Crippen LogP contribution in [0.15, 0.2) is 84.9 Å². The first kappa shape index (κ1) is 15.9. The van der Waals surface area contributed by atoms with Crippen LogP contribution in [0.2, 0.25) is 0 Å². The summed E-state index contributed by atoms with van der Waals surface area (Å²) >= 11 is 0. The molecule has 3 aromatic rings. The lowest BCUT2D eigenvalue weighted by Crippen LogP contribution is -2.44. The molecular formula is C21H18N4O. The second kappa shape index (κ2) is 6.37. The average molecular weight is 342 g/mol. The quantitative estimate of drug-likeness (QED) is 0.587. The molecule has 4 N–H and O–H groups in total. The standard InChI is InChI=1S/C21H18N4O/c22-20-24-19(26)21(25-20,15-8-3-1-4-9-15)16-10-7-13-18(14-16)23-17-11-5-2-6-12-17/h1-14,23H,(H3,22,24,25,26). The van der Waals surface area contributed by atoms with E-state index in [0.29, 0.717) is 0 Å². The molecule has 1 saturated heterocycles. The minimum Gasteiger partial charge on any atom is -0.356 e. The number of anilines is 2. The first-order chi connectivity index (χ1) is 12.7. The molecule has 26 heavy (non-hydrogen) atoms. The monoisotopic (exact) mass is 342 g/mol. The average Bonchev–Trinajstić information content (AvgIpc) is 2.98. The number of hydrogen-bond donors (Lipinski definition) is 4. The summed E-state index contributed by atoms with van der Waals surface area (Å²) in [6.45, 7) is 0. The summed E-state index contributed by atoms with van der Waals surface area (Å²) in [5.74, 6) is -0.258. The zero-order chi connectivity index (χ0) is 18.0. The molecule has 1 aliphatic rings. The largest absolute Gasteiger partial charge is 0.356 e. The normalized spacial score (nSPS) is 18.9. The summed E-state index contributed by atoms with van der Waals surface area (Å²) in [6.07, 6.45) is 0. The van der Waals surface area contributed by atoms with Gasteiger partial charge in [0.2, 0.25) is 0 Å². The summed E-state index contributed by atoms with van der Waals surface area (Å²) in [5.41, 5.74) is 2.28. The number of hydrogen-bond acceptors (Lipinski definition) is 3. The number of carbonyl (C=O) groups is 1. The number of benzene rings is 3. The van der Waals surface area contributed by atoms with Crippen LogP contribution in [0, 0.1) is 5.41 Å². The van der Waals surface area contributed by atoms with Crippen molar-refractivity contribution in [3.05, 3.63) is 96.1 Å². The van der Waals surface area contributed by atoms with Crippen LogP contribution in [0.25, 0.3) is 0 Å². The van der Waals surface area contributed by atoms with Gasteiger partial charge in [-0.3, -0.25) is 15.5 Å². The van der Waals surface area contributed by atoms with Gasteiger partial charge in [0.15, 0.2) is 11.5 Å². The van der Waals surface area contributed by atoms with Gasteiger partial charge in [0, 0.05) is 11.4 Å². The zero-order valence-electron chi connectivity index (χ0n) is 14.0. The number of rotatable bonds is 4. The van der Waals surface area contributed by atoms with E-state index in [9.17, 15) is 4.79 Å². The van der Waals surface area contributed by atoms with Gasteiger partial charge in [0.1, 0.15) is 0 Å². The number of amides is 1. The van der Waals surface area contributed by atoms with Crippen molar-refractivity contribution >= 4 is 23.2 Å². The SMILES string of the molecule is N=C1NC(=O)C(c2ccccc2)(c2cccc(Nc3ccccc3)c2)N1. The van der Waals surface area contributed by atoms with E-state index in [4.69, 9.17) is 5.41 Å². The van der Waals surface area contributed by atoms with E-state index in [2.05, 4.69) is 16.0 Å². The molecule has 1 heterocycles. The number of para-hydroxylation sites is 1. The lowest BCUT2D eigenvalue weighted by Gasteiger charge is -2.28. The van der Waals surface area contributed by atoms with Crippen molar-refractivity contribution in [3.63, 3.8) is 0 Å². The smallest absolute Gasteiger partial charge is 0.261 e. The molecule has 1 fully saturated rings. The lowest BCUT2D eigenvalue weighted by molar-refractivity contribution is -0.122. The Hall–Kier alpha value is -3.60. The highest BCUT2D eigenvalue weighted by atomic mass is 16.2. The van der Waals surface area contributed by atoms with Gasteiger partial charge < -0.3 is 10.6 Å². The Labute approximate surface area is 151 Å². The zero-order valence-corrected chi connectivity index (χ0v) is 14.0. The number of guanidine groups is 1. The van der Waals surface area contributed by atoms with E-state index >= 15 is 0 Å². The molecule has 1 amide bonds. The molecule has 0 bridgehead atoms. The summed E-state index contributed by atoms with van der Waals surface area (Å²) in [4.78, 5) is 12.8. The second-order valence-electron chi connectivity index (χ2n) is 6.14. The fourth-order valence-corrected chi connectivity index (χ4v) is 3.26. The Morgan fingerprint density at radius 3 is 2.04 bits per heavy atom. The van der Waals surface area contributed by atoms with Crippen molar-refractivity contribution in [2.45, 2.75) is 5.54 Å². The van der Waals surface area contributed by atoms with Crippen molar-refractivity contribution < 1.29 is 4.79 Å². The van der Waals surface area contributed by atoms with Crippen molar-refractivity contribution in [2.75, 3.05) is 5.32 Å². The molecule has 0 radical (unpaired) electrons. The molecule has 128 valence electrons. The molecule has 0 spiro atoms. The fraction of sp³-hybridized carbons (Fsp3) is 0.0476. The highest BCUT2D eigenvalue weighted by molar-refractivity contribution is 6.10. The summed E-state index contributed by atoms with van der Waals surface area (Å²) in [5, 5.41) is 16.9. The summed E-state index contributed by atoms with van der Waals surface area (Å²) in [6, 6.07) is 27.0. The van der Waals surface area contributed by atoms with E-state index in [1.54, 1.807) is 0 Å². The van der Waals surface area contributed by atoms with Crippen LogP contribution in [0.5, 0.6) is 0 Å². The first-order valence-electron chi connectivity index (χ1n) is 8.35. The van der Waals surface area contributed by atoms with Gasteiger partial charge in [-0.15, -0.1) is 0 Å². The van der Waals surface area contributed by atoms with E-state index in [1.165, 1.54) is 0 Å². The topological polar surface area (TPSA) is 77.0 Å². The molecule has 1 atom stereocenters. The molecule has 0 aliphatic carbocycles. The van der Waals surface area contributed by atoms with Crippen LogP contribution in [-0.2, 0) is 10.3 Å². The molecule has 1 aliphatic heterocycles. The Morgan fingerprint density at radius 1 is 0.769 bits per heavy atom. The van der Waals surface area contributed by atoms with Crippen LogP contribution >= 0.6 is 0 Å². The van der Waals surface area contributed by atoms with Gasteiger partial charge in [0.25, 0.3) is 5.91 Å². The van der Waals surface area contributed by atoms with Gasteiger partial charge >= 0.3 is 0 Å². The first-order valence-corrected chi connectivity index (χ1v) is 8.35. The molecule has 1 unspecified atom stereocenters. The van der Waals surface area contributed by atoms with Crippen molar-refractivity contribution in [3.8, 4) is 0 Å². The maximum Gasteiger partial charge on any atom is 0.261 e. The van der Waals surface area contributed by atoms with Crippen LogP contribution in [-0.4, -0.2) is 11.9 Å². The molecular weight excluding hydrogens is 324 g/mol. The summed E-state index contributed by atoms with van der Waals surface area (Å²) < 4.78 is 0. The van der Waals surface area contributed by atoms with E-state index in [1.807, 2.05) is 84.9 Å². The molecule has 4 rings (SSSR count). The highest BCUT2D eigenvalue weighted by Crippen LogP contribution is 2.34. The predicted octanol–water partition coefficient (Wildman–Crippen LogP) is 3.33. The second-order valence-corrected chi connectivity index (χ2v) is 6.14. The predicted molar refractivity (Wildman–Crippen MR) is 102 cm³/mol. The van der Waals surface area contributed by atoms with Gasteiger partial charge in [-0.2, -0.15) is 0 Å². The van der Waals surface area contributed by atoms with Crippen LogP contribution < -0.4 is 16.0 Å². The van der Waals surface area contributed by atoms with Gasteiger partial charge in [-0.1, -0.05) is 60.7 Å². The van der Waals surface area contributed by atoms with Crippen molar-refractivity contribution in [1.29, 1.82) is 5.41 Å². The van der Waals surface area contributed by atoms with E-state index in [0.717, 1.165) is 22.5 Å². The molecule has 5 heteroatoms. The van der Waals surface area contributed by atoms with Crippen LogP contribution in [0.4, 0.5) is 11.4 Å². The third-order valence-corrected chi connectivity index (χ3v) is 4.46. The molecule has 5 nitrogen and oxygen atoms in total.